The van der Waals surface area contributed by atoms with Gasteiger partial charge in [0.25, 0.3) is 0 Å². The second-order valence-electron chi connectivity index (χ2n) is 3.54. The maximum absolute atomic E-state index is 12.7. The van der Waals surface area contributed by atoms with Gasteiger partial charge in [-0.1, -0.05) is 0 Å². The lowest BCUT2D eigenvalue weighted by Gasteiger charge is -2.17. The Labute approximate surface area is 96.9 Å². The molecular formula is C9H11F3N2O2S. The van der Waals surface area contributed by atoms with Crippen LogP contribution in [0.5, 0.6) is 0 Å². The quantitative estimate of drug-likeness (QED) is 0.827. The van der Waals surface area contributed by atoms with Gasteiger partial charge in [-0.2, -0.15) is 13.2 Å². The van der Waals surface area contributed by atoms with Crippen molar-refractivity contribution in [2.45, 2.75) is 11.1 Å². The lowest BCUT2D eigenvalue weighted by Crippen LogP contribution is -2.25. The molecule has 0 fully saturated rings. The first-order valence-electron chi connectivity index (χ1n) is 4.46. The van der Waals surface area contributed by atoms with Crippen molar-refractivity contribution in [2.75, 3.05) is 19.8 Å². The van der Waals surface area contributed by atoms with Gasteiger partial charge in [0.15, 0.2) is 0 Å². The Morgan fingerprint density at radius 3 is 2.18 bits per heavy atom. The van der Waals surface area contributed by atoms with Gasteiger partial charge in [-0.15, -0.1) is 0 Å². The Bertz CT molecular complexity index is 524. The SMILES string of the molecule is CN(C)S(=O)(=O)c1cc(N)ccc1C(F)(F)F. The third-order valence-electron chi connectivity index (χ3n) is 2.07. The summed E-state index contributed by atoms with van der Waals surface area (Å²) in [6.45, 7) is 0. The Kier molecular flexibility index (Phi) is 3.40. The number of nitrogens with two attached hydrogens (primary N) is 1. The summed E-state index contributed by atoms with van der Waals surface area (Å²) < 4.78 is 62.1. The summed E-state index contributed by atoms with van der Waals surface area (Å²) in [6, 6.07) is 2.47. The predicted octanol–water partition coefficient (Wildman–Crippen LogP) is 1.54. The first-order valence-corrected chi connectivity index (χ1v) is 5.90. The summed E-state index contributed by atoms with van der Waals surface area (Å²) >= 11 is 0. The van der Waals surface area contributed by atoms with Crippen LogP contribution in [0.3, 0.4) is 0 Å². The highest BCUT2D eigenvalue weighted by molar-refractivity contribution is 7.89. The first kappa shape index (κ1) is 13.8. The predicted molar refractivity (Wildman–Crippen MR) is 56.7 cm³/mol. The van der Waals surface area contributed by atoms with Crippen LogP contribution in [0.15, 0.2) is 23.1 Å². The average molecular weight is 268 g/mol. The third-order valence-corrected chi connectivity index (χ3v) is 3.92. The zero-order valence-electron chi connectivity index (χ0n) is 9.12. The fourth-order valence-corrected chi connectivity index (χ4v) is 2.32. The lowest BCUT2D eigenvalue weighted by molar-refractivity contribution is -0.139. The molecule has 0 atom stereocenters. The molecule has 1 rings (SSSR count). The van der Waals surface area contributed by atoms with Crippen LogP contribution >= 0.6 is 0 Å². The molecule has 0 aliphatic rings. The zero-order chi connectivity index (χ0) is 13.4. The number of halogens is 3. The van der Waals surface area contributed by atoms with Crippen molar-refractivity contribution in [3.05, 3.63) is 23.8 Å². The van der Waals surface area contributed by atoms with Gasteiger partial charge in [0.05, 0.1) is 10.5 Å². The molecule has 17 heavy (non-hydrogen) atoms. The maximum atomic E-state index is 12.7. The molecule has 0 amide bonds. The van der Waals surface area contributed by atoms with Crippen LogP contribution in [0.2, 0.25) is 0 Å². The number of nitrogen functional groups attached to an aromatic ring is 1. The number of rotatable bonds is 2. The van der Waals surface area contributed by atoms with Crippen LogP contribution in [0, 0.1) is 0 Å². The summed E-state index contributed by atoms with van der Waals surface area (Å²) in [5.74, 6) is 0. The minimum Gasteiger partial charge on any atom is -0.399 e. The van der Waals surface area contributed by atoms with Gasteiger partial charge in [0.2, 0.25) is 10.0 Å². The molecule has 96 valence electrons. The fourth-order valence-electron chi connectivity index (χ4n) is 1.18. The van der Waals surface area contributed by atoms with E-state index < -0.39 is 26.7 Å². The summed E-state index contributed by atoms with van der Waals surface area (Å²) in [5, 5.41) is 0. The van der Waals surface area contributed by atoms with Gasteiger partial charge in [-0.25, -0.2) is 12.7 Å². The Balaban J connectivity index is 3.58. The van der Waals surface area contributed by atoms with Crippen LogP contribution in [0.1, 0.15) is 5.56 Å². The number of alkyl halides is 3. The van der Waals surface area contributed by atoms with Crippen LogP contribution in [0.25, 0.3) is 0 Å². The third kappa shape index (κ3) is 2.70. The Morgan fingerprint density at radius 2 is 1.76 bits per heavy atom. The molecule has 0 spiro atoms. The summed E-state index contributed by atoms with van der Waals surface area (Å²) in [6.07, 6.45) is -4.74. The van der Waals surface area contributed by atoms with Gasteiger partial charge < -0.3 is 5.73 Å². The van der Waals surface area contributed by atoms with Crippen LogP contribution < -0.4 is 5.73 Å². The van der Waals surface area contributed by atoms with Crippen molar-refractivity contribution < 1.29 is 21.6 Å². The van der Waals surface area contributed by atoms with Gasteiger partial charge in [0, 0.05) is 19.8 Å². The molecule has 2 N–H and O–H groups in total. The van der Waals surface area contributed by atoms with Crippen molar-refractivity contribution in [3.8, 4) is 0 Å². The van der Waals surface area contributed by atoms with Gasteiger partial charge in [-0.3, -0.25) is 0 Å². The number of anilines is 1. The van der Waals surface area contributed by atoms with Crippen molar-refractivity contribution in [1.82, 2.24) is 4.31 Å². The highest BCUT2D eigenvalue weighted by Gasteiger charge is 2.37. The summed E-state index contributed by atoms with van der Waals surface area (Å²) in [4.78, 5) is -0.838. The van der Waals surface area contributed by atoms with Crippen LogP contribution in [-0.4, -0.2) is 26.8 Å². The van der Waals surface area contributed by atoms with E-state index in [9.17, 15) is 21.6 Å². The minimum absolute atomic E-state index is 0.0431. The molecule has 0 heterocycles. The number of benzene rings is 1. The van der Waals surface area contributed by atoms with Gasteiger partial charge in [0.1, 0.15) is 0 Å². The van der Waals surface area contributed by atoms with Crippen molar-refractivity contribution in [1.29, 1.82) is 0 Å². The maximum Gasteiger partial charge on any atom is 0.417 e. The molecule has 0 unspecified atom stereocenters. The molecule has 0 saturated heterocycles. The second kappa shape index (κ2) is 4.19. The summed E-state index contributed by atoms with van der Waals surface area (Å²) in [7, 11) is -1.88. The van der Waals surface area contributed by atoms with E-state index in [-0.39, 0.29) is 5.69 Å². The van der Waals surface area contributed by atoms with E-state index in [1.807, 2.05) is 0 Å². The monoisotopic (exact) mass is 268 g/mol. The number of hydrogen-bond acceptors (Lipinski definition) is 3. The first-order chi connectivity index (χ1) is 7.56. The van der Waals surface area contributed by atoms with E-state index in [4.69, 9.17) is 5.73 Å². The number of sulfonamides is 1. The van der Waals surface area contributed by atoms with Crippen molar-refractivity contribution in [3.63, 3.8) is 0 Å². The van der Waals surface area contributed by atoms with E-state index in [0.717, 1.165) is 26.2 Å². The fraction of sp³-hybridized carbons (Fsp3) is 0.333. The molecule has 0 aliphatic heterocycles. The molecule has 1 aromatic carbocycles. The normalized spacial score (nSPS) is 13.1. The van der Waals surface area contributed by atoms with Gasteiger partial charge >= 0.3 is 6.18 Å². The average Bonchev–Trinajstić information content (AvgIpc) is 2.15. The molecule has 1 aromatic rings. The Hall–Kier alpha value is -1.28. The minimum atomic E-state index is -4.74. The van der Waals surface area contributed by atoms with Gasteiger partial charge in [-0.05, 0) is 18.2 Å². The molecule has 0 radical (unpaired) electrons. The molecule has 8 heteroatoms. The zero-order valence-corrected chi connectivity index (χ0v) is 9.93. The standard InChI is InChI=1S/C9H11F3N2O2S/c1-14(2)17(15,16)8-5-6(13)3-4-7(8)9(10,11)12/h3-5H,13H2,1-2H3. The van der Waals surface area contributed by atoms with E-state index in [1.54, 1.807) is 0 Å². The molecular weight excluding hydrogens is 257 g/mol. The van der Waals surface area contributed by atoms with Crippen LogP contribution in [-0.2, 0) is 16.2 Å². The Morgan fingerprint density at radius 1 is 1.24 bits per heavy atom. The number of nitrogens with zero attached hydrogens (tertiary/aromatic N) is 1. The molecule has 0 saturated carbocycles. The lowest BCUT2D eigenvalue weighted by atomic mass is 10.2. The van der Waals surface area contributed by atoms with E-state index >= 15 is 0 Å². The van der Waals surface area contributed by atoms with Crippen LogP contribution in [0.4, 0.5) is 18.9 Å². The molecule has 0 bridgehead atoms. The highest BCUT2D eigenvalue weighted by Crippen LogP contribution is 2.35. The van der Waals surface area contributed by atoms with E-state index in [1.165, 1.54) is 0 Å². The highest BCUT2D eigenvalue weighted by atomic mass is 32.2. The largest absolute Gasteiger partial charge is 0.417 e. The summed E-state index contributed by atoms with van der Waals surface area (Å²) in [5.41, 5.74) is 4.05. The number of hydrogen-bond donors (Lipinski definition) is 1. The smallest absolute Gasteiger partial charge is 0.399 e. The molecule has 0 aliphatic carbocycles. The topological polar surface area (TPSA) is 63.4 Å². The molecule has 4 nitrogen and oxygen atoms in total. The van der Waals surface area contributed by atoms with Crippen molar-refractivity contribution >= 4 is 15.7 Å². The van der Waals surface area contributed by atoms with E-state index in [2.05, 4.69) is 0 Å². The van der Waals surface area contributed by atoms with E-state index in [0.29, 0.717) is 10.4 Å². The second-order valence-corrected chi connectivity index (χ2v) is 5.66. The molecule has 0 aromatic heterocycles. The van der Waals surface area contributed by atoms with Crippen molar-refractivity contribution in [2.24, 2.45) is 0 Å².